The molecule has 0 aliphatic rings. The molecule has 0 aliphatic heterocycles. The van der Waals surface area contributed by atoms with E-state index in [9.17, 15) is 9.59 Å². The van der Waals surface area contributed by atoms with Crippen LogP contribution in [0.2, 0.25) is 0 Å². The molecule has 0 spiro atoms. The number of aromatic nitrogens is 2. The predicted molar refractivity (Wildman–Crippen MR) is 73.3 cm³/mol. The number of hydrogen-bond acceptors (Lipinski definition) is 3. The van der Waals surface area contributed by atoms with Gasteiger partial charge >= 0.3 is 5.69 Å². The topological polar surface area (TPSA) is 74.8 Å². The van der Waals surface area contributed by atoms with Gasteiger partial charge in [-0.2, -0.15) is 0 Å². The van der Waals surface area contributed by atoms with Crippen molar-refractivity contribution in [1.29, 1.82) is 0 Å². The van der Waals surface area contributed by atoms with E-state index in [1.54, 1.807) is 24.3 Å². The van der Waals surface area contributed by atoms with Crippen LogP contribution in [0.25, 0.3) is 0 Å². The van der Waals surface area contributed by atoms with Gasteiger partial charge < -0.3 is 5.32 Å². The third kappa shape index (κ3) is 3.07. The van der Waals surface area contributed by atoms with Gasteiger partial charge in [0.05, 0.1) is 0 Å². The highest BCUT2D eigenvalue weighted by molar-refractivity contribution is 6.04. The molecule has 19 heavy (non-hydrogen) atoms. The van der Waals surface area contributed by atoms with Crippen LogP contribution < -0.4 is 11.0 Å². The molecule has 0 radical (unpaired) electrons. The molecule has 1 aromatic heterocycles. The lowest BCUT2D eigenvalue weighted by Crippen LogP contribution is -2.20. The minimum Gasteiger partial charge on any atom is -0.308 e. The lowest BCUT2D eigenvalue weighted by molar-refractivity contribution is 0.102. The standard InChI is InChI=1S/C14H15N3O2/c1-9(2)11-8-15-14(19)17-12(11)16-13(18)10-6-4-3-5-7-10/h3-9H,1-2H3,(H2,15,16,17,18,19). The minimum atomic E-state index is -0.479. The van der Waals surface area contributed by atoms with Crippen molar-refractivity contribution in [1.82, 2.24) is 9.97 Å². The second-order valence-corrected chi connectivity index (χ2v) is 4.49. The fourth-order valence-corrected chi connectivity index (χ4v) is 1.72. The lowest BCUT2D eigenvalue weighted by Gasteiger charge is -2.12. The summed E-state index contributed by atoms with van der Waals surface area (Å²) in [6.45, 7) is 3.93. The SMILES string of the molecule is CC(C)c1cnc(=O)[nH]c1NC(=O)c1ccccc1. The van der Waals surface area contributed by atoms with Gasteiger partial charge in [-0.15, -0.1) is 0 Å². The van der Waals surface area contributed by atoms with Crippen molar-refractivity contribution in [3.8, 4) is 0 Å². The molecule has 0 saturated carbocycles. The summed E-state index contributed by atoms with van der Waals surface area (Å²) in [5.74, 6) is 0.295. The maximum absolute atomic E-state index is 12.0. The molecule has 5 nitrogen and oxygen atoms in total. The number of rotatable bonds is 3. The number of nitrogens with one attached hydrogen (secondary N) is 2. The number of aromatic amines is 1. The fraction of sp³-hybridized carbons (Fsp3) is 0.214. The molecule has 0 fully saturated rings. The maximum Gasteiger partial charge on any atom is 0.346 e. The number of carbonyl (C=O) groups is 1. The third-order valence-corrected chi connectivity index (χ3v) is 2.74. The maximum atomic E-state index is 12.0. The summed E-state index contributed by atoms with van der Waals surface area (Å²) in [5, 5.41) is 2.71. The fourth-order valence-electron chi connectivity index (χ4n) is 1.72. The summed E-state index contributed by atoms with van der Waals surface area (Å²) in [4.78, 5) is 29.5. The van der Waals surface area contributed by atoms with Crippen LogP contribution >= 0.6 is 0 Å². The highest BCUT2D eigenvalue weighted by Gasteiger charge is 2.12. The first kappa shape index (κ1) is 13.0. The van der Waals surface area contributed by atoms with Crippen LogP contribution in [0.1, 0.15) is 35.7 Å². The molecule has 1 aromatic carbocycles. The van der Waals surface area contributed by atoms with Crippen LogP contribution in [-0.4, -0.2) is 15.9 Å². The molecule has 0 bridgehead atoms. The van der Waals surface area contributed by atoms with E-state index in [2.05, 4.69) is 15.3 Å². The second kappa shape index (κ2) is 5.48. The lowest BCUT2D eigenvalue weighted by atomic mass is 10.1. The Bertz CT molecular complexity index is 633. The Morgan fingerprint density at radius 1 is 1.26 bits per heavy atom. The molecule has 2 aromatic rings. The van der Waals surface area contributed by atoms with E-state index < -0.39 is 5.69 Å². The molecule has 1 heterocycles. The van der Waals surface area contributed by atoms with Crippen molar-refractivity contribution >= 4 is 11.7 Å². The van der Waals surface area contributed by atoms with Crippen molar-refractivity contribution in [3.63, 3.8) is 0 Å². The predicted octanol–water partition coefficient (Wildman–Crippen LogP) is 2.15. The van der Waals surface area contributed by atoms with E-state index in [-0.39, 0.29) is 11.8 Å². The summed E-state index contributed by atoms with van der Waals surface area (Å²) in [7, 11) is 0. The Kier molecular flexibility index (Phi) is 3.75. The molecule has 0 unspecified atom stereocenters. The van der Waals surface area contributed by atoms with Crippen LogP contribution in [0.4, 0.5) is 5.82 Å². The number of hydrogen-bond donors (Lipinski definition) is 2. The molecule has 98 valence electrons. The normalized spacial score (nSPS) is 10.5. The first-order valence-corrected chi connectivity index (χ1v) is 6.03. The number of amides is 1. The number of H-pyrrole nitrogens is 1. The van der Waals surface area contributed by atoms with E-state index in [0.29, 0.717) is 11.4 Å². The van der Waals surface area contributed by atoms with Crippen molar-refractivity contribution < 1.29 is 4.79 Å². The zero-order valence-electron chi connectivity index (χ0n) is 10.8. The molecule has 0 atom stereocenters. The van der Waals surface area contributed by atoms with E-state index in [1.807, 2.05) is 19.9 Å². The highest BCUT2D eigenvalue weighted by atomic mass is 16.2. The molecule has 0 saturated heterocycles. The quantitative estimate of drug-likeness (QED) is 0.884. The average Bonchev–Trinajstić information content (AvgIpc) is 2.39. The Balaban J connectivity index is 2.31. The zero-order valence-corrected chi connectivity index (χ0v) is 10.8. The largest absolute Gasteiger partial charge is 0.346 e. The summed E-state index contributed by atoms with van der Waals surface area (Å²) < 4.78 is 0. The molecule has 0 aliphatic carbocycles. The van der Waals surface area contributed by atoms with E-state index in [4.69, 9.17) is 0 Å². The van der Waals surface area contributed by atoms with Crippen molar-refractivity contribution in [2.24, 2.45) is 0 Å². The van der Waals surface area contributed by atoms with Gasteiger partial charge in [0.1, 0.15) is 5.82 Å². The minimum absolute atomic E-state index is 0.149. The van der Waals surface area contributed by atoms with E-state index in [0.717, 1.165) is 5.56 Å². The van der Waals surface area contributed by atoms with Crippen molar-refractivity contribution in [2.75, 3.05) is 5.32 Å². The third-order valence-electron chi connectivity index (χ3n) is 2.74. The summed E-state index contributed by atoms with van der Waals surface area (Å²) in [6, 6.07) is 8.83. The van der Waals surface area contributed by atoms with Gasteiger partial charge in [0.2, 0.25) is 0 Å². The molecule has 2 N–H and O–H groups in total. The van der Waals surface area contributed by atoms with Crippen LogP contribution in [0.5, 0.6) is 0 Å². The zero-order chi connectivity index (χ0) is 13.8. The monoisotopic (exact) mass is 257 g/mol. The molecular weight excluding hydrogens is 242 g/mol. The summed E-state index contributed by atoms with van der Waals surface area (Å²) in [6.07, 6.45) is 1.49. The smallest absolute Gasteiger partial charge is 0.308 e. The number of benzene rings is 1. The average molecular weight is 257 g/mol. The van der Waals surface area contributed by atoms with Crippen LogP contribution in [0.3, 0.4) is 0 Å². The Morgan fingerprint density at radius 3 is 2.58 bits per heavy atom. The van der Waals surface area contributed by atoms with Crippen LogP contribution in [-0.2, 0) is 0 Å². The van der Waals surface area contributed by atoms with Gasteiger partial charge in [-0.3, -0.25) is 9.78 Å². The summed E-state index contributed by atoms with van der Waals surface area (Å²) >= 11 is 0. The van der Waals surface area contributed by atoms with Gasteiger partial charge in [0.15, 0.2) is 0 Å². The molecule has 5 heteroatoms. The molecular formula is C14H15N3O2. The van der Waals surface area contributed by atoms with Crippen LogP contribution in [0, 0.1) is 0 Å². The van der Waals surface area contributed by atoms with Gasteiger partial charge in [0, 0.05) is 17.3 Å². The Labute approximate surface area is 110 Å². The summed E-state index contributed by atoms with van der Waals surface area (Å²) in [5.41, 5.74) is 0.853. The number of nitrogens with zero attached hydrogens (tertiary/aromatic N) is 1. The highest BCUT2D eigenvalue weighted by Crippen LogP contribution is 2.20. The van der Waals surface area contributed by atoms with Gasteiger partial charge in [0.25, 0.3) is 5.91 Å². The van der Waals surface area contributed by atoms with Crippen LogP contribution in [0.15, 0.2) is 41.3 Å². The van der Waals surface area contributed by atoms with Crippen molar-refractivity contribution in [2.45, 2.75) is 19.8 Å². The van der Waals surface area contributed by atoms with Gasteiger partial charge in [-0.05, 0) is 18.1 Å². The number of carbonyl (C=O) groups excluding carboxylic acids is 1. The first-order chi connectivity index (χ1) is 9.08. The van der Waals surface area contributed by atoms with E-state index in [1.165, 1.54) is 6.20 Å². The Morgan fingerprint density at radius 2 is 1.95 bits per heavy atom. The first-order valence-electron chi connectivity index (χ1n) is 6.03. The van der Waals surface area contributed by atoms with Gasteiger partial charge in [-0.25, -0.2) is 9.78 Å². The Hall–Kier alpha value is -2.43. The van der Waals surface area contributed by atoms with Gasteiger partial charge in [-0.1, -0.05) is 32.0 Å². The second-order valence-electron chi connectivity index (χ2n) is 4.49. The number of anilines is 1. The van der Waals surface area contributed by atoms with Crippen molar-refractivity contribution in [3.05, 3.63) is 58.1 Å². The van der Waals surface area contributed by atoms with E-state index >= 15 is 0 Å². The molecule has 2 rings (SSSR count). The molecule has 1 amide bonds.